The molecule has 0 radical (unpaired) electrons. The standard InChI is InChI=1S/C90H176O17P2/c1-7-11-13-15-17-19-21-23-24-27-31-38-44-50-56-62-68-74-89(94)106-85(78-100-87(92)72-66-60-54-48-42-22-20-18-16-14-12-8-2)80-104-108(96,97)102-76-84(91)77-103-109(98,99)105-81-86(79-101-88(93)73-67-61-55-49-43-37-34-33-36-41-47-53-59-65-71-83(6)10-4)107-90(95)75-69-63-57-51-45-39-32-29-26-25-28-30-35-40-46-52-58-64-70-82(5)9-3/h82-86,91H,7-81H2,1-6H3,(H,96,97)(H,98,99)/t82?,83?,84-,85+,86+/m0/s1. The van der Waals surface area contributed by atoms with E-state index in [0.29, 0.717) is 25.7 Å². The lowest BCUT2D eigenvalue weighted by Gasteiger charge is -2.21. The summed E-state index contributed by atoms with van der Waals surface area (Å²) in [5, 5.41) is 10.7. The van der Waals surface area contributed by atoms with Crippen LogP contribution in [0.25, 0.3) is 0 Å². The second kappa shape index (κ2) is 81.2. The molecule has 0 aromatic carbocycles. The molecule has 0 aliphatic heterocycles. The Kier molecular flexibility index (Phi) is 79.8. The van der Waals surface area contributed by atoms with Crippen molar-refractivity contribution in [3.63, 3.8) is 0 Å². The van der Waals surface area contributed by atoms with Crippen LogP contribution in [0, 0.1) is 11.8 Å². The second-order valence-electron chi connectivity index (χ2n) is 32.8. The van der Waals surface area contributed by atoms with Gasteiger partial charge < -0.3 is 33.8 Å². The summed E-state index contributed by atoms with van der Waals surface area (Å²) in [7, 11) is -9.93. The molecule has 0 saturated carbocycles. The maximum atomic E-state index is 13.2. The monoisotopic (exact) mass is 1590 g/mol. The van der Waals surface area contributed by atoms with Gasteiger partial charge in [0, 0.05) is 25.7 Å². The summed E-state index contributed by atoms with van der Waals surface area (Å²) in [5.74, 6) is -0.374. The molecule has 0 amide bonds. The fourth-order valence-corrected chi connectivity index (χ4v) is 15.6. The lowest BCUT2D eigenvalue weighted by Crippen LogP contribution is -2.30. The molecule has 0 rings (SSSR count). The van der Waals surface area contributed by atoms with Crippen LogP contribution in [0.15, 0.2) is 0 Å². The molecule has 0 aromatic rings. The molecule has 19 heteroatoms. The van der Waals surface area contributed by atoms with E-state index in [1.54, 1.807) is 0 Å². The van der Waals surface area contributed by atoms with Crippen molar-refractivity contribution in [2.45, 2.75) is 503 Å². The van der Waals surface area contributed by atoms with E-state index in [1.165, 1.54) is 302 Å². The molecule has 0 saturated heterocycles. The number of esters is 4. The molecule has 0 bridgehead atoms. The largest absolute Gasteiger partial charge is 0.472 e. The molecule has 0 spiro atoms. The molecule has 0 heterocycles. The van der Waals surface area contributed by atoms with Gasteiger partial charge in [0.05, 0.1) is 26.4 Å². The number of hydrogen-bond acceptors (Lipinski definition) is 15. The van der Waals surface area contributed by atoms with Crippen LogP contribution in [-0.2, 0) is 65.4 Å². The number of carbonyl (C=O) groups is 4. The molecule has 3 N–H and O–H groups in total. The zero-order valence-electron chi connectivity index (χ0n) is 71.9. The van der Waals surface area contributed by atoms with Crippen molar-refractivity contribution in [2.24, 2.45) is 11.8 Å². The van der Waals surface area contributed by atoms with E-state index in [9.17, 15) is 43.2 Å². The lowest BCUT2D eigenvalue weighted by atomic mass is 9.99. The van der Waals surface area contributed by atoms with Crippen molar-refractivity contribution in [3.05, 3.63) is 0 Å². The fourth-order valence-electron chi connectivity index (χ4n) is 14.1. The van der Waals surface area contributed by atoms with Crippen LogP contribution in [0.1, 0.15) is 485 Å². The third-order valence-corrected chi connectivity index (χ3v) is 23.8. The maximum Gasteiger partial charge on any atom is 0.472 e. The third kappa shape index (κ3) is 81.0. The quantitative estimate of drug-likeness (QED) is 0.0222. The van der Waals surface area contributed by atoms with Crippen LogP contribution < -0.4 is 0 Å². The molecular weight excluding hydrogens is 1410 g/mol. The first-order valence-corrected chi connectivity index (χ1v) is 49.6. The molecule has 0 aliphatic carbocycles. The number of hydrogen-bond donors (Lipinski definition) is 3. The molecule has 7 atom stereocenters. The first-order valence-electron chi connectivity index (χ1n) is 46.6. The first kappa shape index (κ1) is 107. The molecule has 4 unspecified atom stereocenters. The summed E-state index contributed by atoms with van der Waals surface area (Å²) in [6.45, 7) is 9.83. The van der Waals surface area contributed by atoms with Crippen LogP contribution in [0.3, 0.4) is 0 Å². The van der Waals surface area contributed by atoms with Crippen molar-refractivity contribution in [3.8, 4) is 0 Å². The highest BCUT2D eigenvalue weighted by atomic mass is 31.2. The van der Waals surface area contributed by atoms with Crippen LogP contribution in [-0.4, -0.2) is 96.7 Å². The SMILES string of the molecule is CCCCCCCCCCCCCCCCCCCC(=O)O[C@H](COC(=O)CCCCCCCCCCCCCC)COP(=O)(O)OC[C@H](O)COP(=O)(O)OC[C@@H](COC(=O)CCCCCCCCCCCCCCCCC(C)CC)OC(=O)CCCCCCCCCCCCCCCCCCCCC(C)CC. The Hall–Kier alpha value is -1.94. The van der Waals surface area contributed by atoms with E-state index in [0.717, 1.165) is 102 Å². The number of aliphatic hydroxyl groups excluding tert-OH is 1. The van der Waals surface area contributed by atoms with Gasteiger partial charge in [-0.15, -0.1) is 0 Å². The van der Waals surface area contributed by atoms with Crippen LogP contribution >= 0.6 is 15.6 Å². The van der Waals surface area contributed by atoms with E-state index in [2.05, 4.69) is 41.5 Å². The van der Waals surface area contributed by atoms with E-state index < -0.39 is 97.5 Å². The van der Waals surface area contributed by atoms with Gasteiger partial charge in [0.1, 0.15) is 19.3 Å². The molecule has 109 heavy (non-hydrogen) atoms. The number of rotatable bonds is 89. The predicted molar refractivity (Wildman–Crippen MR) is 451 cm³/mol. The molecule has 0 aliphatic rings. The molecular formula is C90H176O17P2. The predicted octanol–water partition coefficient (Wildman–Crippen LogP) is 27.8. The Bertz CT molecular complexity index is 2080. The summed E-state index contributed by atoms with van der Waals surface area (Å²) >= 11 is 0. The average Bonchev–Trinajstić information content (AvgIpc) is 0.903. The first-order chi connectivity index (χ1) is 52.9. The van der Waals surface area contributed by atoms with Gasteiger partial charge in [-0.3, -0.25) is 37.3 Å². The van der Waals surface area contributed by atoms with Gasteiger partial charge in [-0.1, -0.05) is 433 Å². The van der Waals surface area contributed by atoms with Crippen molar-refractivity contribution in [1.82, 2.24) is 0 Å². The minimum absolute atomic E-state index is 0.109. The Morgan fingerprint density at radius 1 is 0.257 bits per heavy atom. The highest BCUT2D eigenvalue weighted by molar-refractivity contribution is 7.47. The van der Waals surface area contributed by atoms with Gasteiger partial charge in [0.25, 0.3) is 0 Å². The normalized spacial score (nSPS) is 14.2. The Morgan fingerprint density at radius 3 is 0.651 bits per heavy atom. The highest BCUT2D eigenvalue weighted by Crippen LogP contribution is 2.45. The van der Waals surface area contributed by atoms with Gasteiger partial charge in [-0.05, 0) is 37.5 Å². The summed E-state index contributed by atoms with van der Waals surface area (Å²) in [4.78, 5) is 73.4. The van der Waals surface area contributed by atoms with E-state index >= 15 is 0 Å². The highest BCUT2D eigenvalue weighted by Gasteiger charge is 2.31. The van der Waals surface area contributed by atoms with Gasteiger partial charge in [0.15, 0.2) is 12.2 Å². The fraction of sp³-hybridized carbons (Fsp3) is 0.956. The van der Waals surface area contributed by atoms with Crippen molar-refractivity contribution in [1.29, 1.82) is 0 Å². The van der Waals surface area contributed by atoms with Gasteiger partial charge in [-0.2, -0.15) is 0 Å². The summed E-state index contributed by atoms with van der Waals surface area (Å²) < 4.78 is 69.1. The number of unbranched alkanes of at least 4 members (excludes halogenated alkanes) is 57. The van der Waals surface area contributed by atoms with E-state index in [1.807, 2.05) is 0 Å². The summed E-state index contributed by atoms with van der Waals surface area (Å²) in [6.07, 6.45) is 74.8. The Morgan fingerprint density at radius 2 is 0.440 bits per heavy atom. The van der Waals surface area contributed by atoms with Crippen molar-refractivity contribution < 1.29 is 80.2 Å². The van der Waals surface area contributed by atoms with Crippen LogP contribution in [0.5, 0.6) is 0 Å². The second-order valence-corrected chi connectivity index (χ2v) is 35.7. The Balaban J connectivity index is 5.25. The third-order valence-electron chi connectivity index (χ3n) is 21.9. The number of phosphoric acid groups is 2. The average molecular weight is 1590 g/mol. The molecule has 17 nitrogen and oxygen atoms in total. The number of ether oxygens (including phenoxy) is 4. The molecule has 0 fully saturated rings. The number of aliphatic hydroxyl groups is 1. The number of phosphoric ester groups is 2. The molecule has 0 aromatic heterocycles. The molecule has 648 valence electrons. The van der Waals surface area contributed by atoms with Gasteiger partial charge in [0.2, 0.25) is 0 Å². The van der Waals surface area contributed by atoms with Gasteiger partial charge in [-0.25, -0.2) is 9.13 Å². The minimum atomic E-state index is -4.97. The van der Waals surface area contributed by atoms with E-state index in [-0.39, 0.29) is 25.7 Å². The Labute approximate surface area is 670 Å². The zero-order valence-corrected chi connectivity index (χ0v) is 73.7. The lowest BCUT2D eigenvalue weighted by molar-refractivity contribution is -0.161. The number of carbonyl (C=O) groups excluding carboxylic acids is 4. The van der Waals surface area contributed by atoms with Crippen LogP contribution in [0.4, 0.5) is 0 Å². The summed E-state index contributed by atoms with van der Waals surface area (Å²) in [5.41, 5.74) is 0. The van der Waals surface area contributed by atoms with E-state index in [4.69, 9.17) is 37.0 Å². The van der Waals surface area contributed by atoms with Gasteiger partial charge >= 0.3 is 39.5 Å². The van der Waals surface area contributed by atoms with Crippen molar-refractivity contribution in [2.75, 3.05) is 39.6 Å². The van der Waals surface area contributed by atoms with Crippen LogP contribution in [0.2, 0.25) is 0 Å². The maximum absolute atomic E-state index is 13.2. The minimum Gasteiger partial charge on any atom is -0.462 e. The topological polar surface area (TPSA) is 237 Å². The van der Waals surface area contributed by atoms with Crippen molar-refractivity contribution >= 4 is 39.5 Å². The zero-order chi connectivity index (χ0) is 79.9. The smallest absolute Gasteiger partial charge is 0.462 e. The summed E-state index contributed by atoms with van der Waals surface area (Å²) in [6, 6.07) is 0.